The molecule has 8 nitrogen and oxygen atoms in total. The number of sulfonamides is 1. The minimum Gasteiger partial charge on any atom is -0.322 e. The molecule has 2 aromatic rings. The molecule has 0 aromatic heterocycles. The number of hydrogen-bond acceptors (Lipinski definition) is 5. The first-order chi connectivity index (χ1) is 11.7. The fourth-order valence-corrected chi connectivity index (χ4v) is 3.00. The summed E-state index contributed by atoms with van der Waals surface area (Å²) in [4.78, 5) is 22.7. The second-order valence-corrected chi connectivity index (χ2v) is 7.36. The molecule has 0 saturated heterocycles. The van der Waals surface area contributed by atoms with Crippen molar-refractivity contribution in [2.45, 2.75) is 11.8 Å². The van der Waals surface area contributed by atoms with Gasteiger partial charge in [-0.1, -0.05) is 17.7 Å². The molecule has 132 valence electrons. The van der Waals surface area contributed by atoms with Crippen LogP contribution in [0.5, 0.6) is 0 Å². The van der Waals surface area contributed by atoms with E-state index >= 15 is 0 Å². The third-order valence-corrected chi connectivity index (χ3v) is 5.17. The van der Waals surface area contributed by atoms with Gasteiger partial charge < -0.3 is 5.32 Å². The van der Waals surface area contributed by atoms with E-state index < -0.39 is 20.9 Å². The minimum atomic E-state index is -3.75. The number of anilines is 1. The zero-order valence-electron chi connectivity index (χ0n) is 13.2. The standard InChI is InChI=1S/C15H14ClN3O5S/c1-9-3-4-10(7-14(9)19(21)22)18-15(20)12-8-11(5-6-13(12)16)25(23,24)17-2/h3-8,17H,1-2H3,(H,18,20). The molecule has 0 spiro atoms. The van der Waals surface area contributed by atoms with Gasteiger partial charge in [0, 0.05) is 17.3 Å². The highest BCUT2D eigenvalue weighted by Gasteiger charge is 2.18. The third kappa shape index (κ3) is 4.13. The summed E-state index contributed by atoms with van der Waals surface area (Å²) in [6.07, 6.45) is 0. The SMILES string of the molecule is CNS(=O)(=O)c1ccc(Cl)c(C(=O)Nc2ccc(C)c([N+](=O)[O-])c2)c1. The Morgan fingerprint density at radius 1 is 1.20 bits per heavy atom. The molecule has 0 aliphatic rings. The zero-order chi connectivity index (χ0) is 18.8. The Bertz CT molecular complexity index is 960. The quantitative estimate of drug-likeness (QED) is 0.607. The van der Waals surface area contributed by atoms with Gasteiger partial charge in [0.25, 0.3) is 11.6 Å². The van der Waals surface area contributed by atoms with Gasteiger partial charge >= 0.3 is 0 Å². The number of carbonyl (C=O) groups excluding carboxylic acids is 1. The molecule has 0 saturated carbocycles. The summed E-state index contributed by atoms with van der Waals surface area (Å²) in [7, 11) is -2.50. The topological polar surface area (TPSA) is 118 Å². The van der Waals surface area contributed by atoms with E-state index in [1.807, 2.05) is 0 Å². The minimum absolute atomic E-state index is 0.0502. The van der Waals surface area contributed by atoms with Gasteiger partial charge in [-0.25, -0.2) is 13.1 Å². The lowest BCUT2D eigenvalue weighted by Crippen LogP contribution is -2.20. The number of rotatable bonds is 5. The van der Waals surface area contributed by atoms with Gasteiger partial charge in [-0.2, -0.15) is 0 Å². The Labute approximate surface area is 149 Å². The lowest BCUT2D eigenvalue weighted by atomic mass is 10.1. The molecule has 0 radical (unpaired) electrons. The highest BCUT2D eigenvalue weighted by Crippen LogP contribution is 2.25. The summed E-state index contributed by atoms with van der Waals surface area (Å²) in [5.74, 6) is -0.684. The molecule has 2 N–H and O–H groups in total. The fourth-order valence-electron chi connectivity index (χ4n) is 2.05. The fraction of sp³-hybridized carbons (Fsp3) is 0.133. The van der Waals surface area contributed by atoms with Crippen LogP contribution in [-0.2, 0) is 10.0 Å². The molecule has 0 atom stereocenters. The van der Waals surface area contributed by atoms with Crippen molar-refractivity contribution in [3.05, 3.63) is 62.7 Å². The number of aryl methyl sites for hydroxylation is 1. The molecule has 1 amide bonds. The van der Waals surface area contributed by atoms with Crippen LogP contribution in [0.3, 0.4) is 0 Å². The van der Waals surface area contributed by atoms with Crippen molar-refractivity contribution in [1.29, 1.82) is 0 Å². The Balaban J connectivity index is 2.37. The molecule has 0 fully saturated rings. The lowest BCUT2D eigenvalue weighted by molar-refractivity contribution is -0.385. The Hall–Kier alpha value is -2.49. The van der Waals surface area contributed by atoms with E-state index in [0.29, 0.717) is 5.56 Å². The van der Waals surface area contributed by atoms with Crippen LogP contribution in [0.2, 0.25) is 5.02 Å². The third-order valence-electron chi connectivity index (χ3n) is 3.43. The van der Waals surface area contributed by atoms with E-state index in [9.17, 15) is 23.3 Å². The van der Waals surface area contributed by atoms with Crippen LogP contribution in [0.1, 0.15) is 15.9 Å². The predicted octanol–water partition coefficient (Wildman–Crippen LogP) is 2.72. The summed E-state index contributed by atoms with van der Waals surface area (Å²) in [5.41, 5.74) is 0.431. The molecule has 0 heterocycles. The zero-order valence-corrected chi connectivity index (χ0v) is 14.8. The molecule has 2 aromatic carbocycles. The maximum Gasteiger partial charge on any atom is 0.274 e. The molecular weight excluding hydrogens is 370 g/mol. The molecule has 0 aliphatic carbocycles. The summed E-state index contributed by atoms with van der Waals surface area (Å²) in [5, 5.41) is 13.5. The van der Waals surface area contributed by atoms with Crippen LogP contribution in [0.4, 0.5) is 11.4 Å². The smallest absolute Gasteiger partial charge is 0.274 e. The first-order valence-corrected chi connectivity index (χ1v) is 8.81. The van der Waals surface area contributed by atoms with Gasteiger partial charge in [-0.05, 0) is 38.2 Å². The van der Waals surface area contributed by atoms with E-state index in [1.54, 1.807) is 6.92 Å². The van der Waals surface area contributed by atoms with Crippen LogP contribution in [0.25, 0.3) is 0 Å². The summed E-state index contributed by atoms with van der Waals surface area (Å²) in [6, 6.07) is 7.90. The molecule has 2 rings (SSSR count). The van der Waals surface area contributed by atoms with Crippen LogP contribution < -0.4 is 10.0 Å². The number of carbonyl (C=O) groups is 1. The second kappa shape index (κ2) is 7.18. The maximum absolute atomic E-state index is 12.4. The van der Waals surface area contributed by atoms with E-state index in [2.05, 4.69) is 10.0 Å². The van der Waals surface area contributed by atoms with Crippen molar-refractivity contribution in [2.75, 3.05) is 12.4 Å². The number of hydrogen-bond donors (Lipinski definition) is 2. The van der Waals surface area contributed by atoms with Crippen molar-refractivity contribution < 1.29 is 18.1 Å². The van der Waals surface area contributed by atoms with E-state index in [1.165, 1.54) is 37.4 Å². The number of amides is 1. The summed E-state index contributed by atoms with van der Waals surface area (Å²) < 4.78 is 25.8. The Morgan fingerprint density at radius 2 is 1.88 bits per heavy atom. The summed E-state index contributed by atoms with van der Waals surface area (Å²) in [6.45, 7) is 1.58. The molecule has 0 bridgehead atoms. The first-order valence-electron chi connectivity index (χ1n) is 6.95. The lowest BCUT2D eigenvalue weighted by Gasteiger charge is -2.09. The average Bonchev–Trinajstić information content (AvgIpc) is 2.56. The van der Waals surface area contributed by atoms with E-state index in [4.69, 9.17) is 11.6 Å². The van der Waals surface area contributed by atoms with Crippen LogP contribution in [-0.4, -0.2) is 26.3 Å². The van der Waals surface area contributed by atoms with Gasteiger partial charge in [-0.3, -0.25) is 14.9 Å². The normalized spacial score (nSPS) is 11.2. The summed E-state index contributed by atoms with van der Waals surface area (Å²) >= 11 is 5.97. The number of nitrogens with zero attached hydrogens (tertiary/aromatic N) is 1. The van der Waals surface area contributed by atoms with Crippen molar-refractivity contribution in [3.8, 4) is 0 Å². The highest BCUT2D eigenvalue weighted by atomic mass is 35.5. The maximum atomic E-state index is 12.4. The van der Waals surface area contributed by atoms with Gasteiger partial charge in [0.1, 0.15) is 0 Å². The second-order valence-electron chi connectivity index (χ2n) is 5.06. The first kappa shape index (κ1) is 18.8. The average molecular weight is 384 g/mol. The van der Waals surface area contributed by atoms with Crippen LogP contribution >= 0.6 is 11.6 Å². The largest absolute Gasteiger partial charge is 0.322 e. The van der Waals surface area contributed by atoms with E-state index in [-0.39, 0.29) is 26.9 Å². The van der Waals surface area contributed by atoms with Crippen LogP contribution in [0.15, 0.2) is 41.3 Å². The molecule has 10 heteroatoms. The molecule has 0 unspecified atom stereocenters. The highest BCUT2D eigenvalue weighted by molar-refractivity contribution is 7.89. The number of halogens is 1. The van der Waals surface area contributed by atoms with Gasteiger partial charge in [0.05, 0.1) is 20.4 Å². The van der Waals surface area contributed by atoms with Crippen LogP contribution in [0, 0.1) is 17.0 Å². The number of benzene rings is 2. The predicted molar refractivity (Wildman–Crippen MR) is 93.5 cm³/mol. The van der Waals surface area contributed by atoms with Crippen molar-refractivity contribution in [1.82, 2.24) is 4.72 Å². The van der Waals surface area contributed by atoms with Gasteiger partial charge in [0.15, 0.2) is 0 Å². The van der Waals surface area contributed by atoms with E-state index in [0.717, 1.165) is 6.07 Å². The van der Waals surface area contributed by atoms with Crippen molar-refractivity contribution in [2.24, 2.45) is 0 Å². The molecule has 0 aliphatic heterocycles. The monoisotopic (exact) mass is 383 g/mol. The number of nitro benzene ring substituents is 1. The van der Waals surface area contributed by atoms with Gasteiger partial charge in [-0.15, -0.1) is 0 Å². The van der Waals surface area contributed by atoms with Crippen molar-refractivity contribution >= 4 is 38.9 Å². The number of nitro groups is 1. The van der Waals surface area contributed by atoms with Crippen molar-refractivity contribution in [3.63, 3.8) is 0 Å². The molecule has 25 heavy (non-hydrogen) atoms. The Kier molecular flexibility index (Phi) is 5.41. The Morgan fingerprint density at radius 3 is 2.48 bits per heavy atom. The van der Waals surface area contributed by atoms with Gasteiger partial charge in [0.2, 0.25) is 10.0 Å². The molecular formula is C15H14ClN3O5S. The number of nitrogens with one attached hydrogen (secondary N) is 2.